The zero-order valence-electron chi connectivity index (χ0n) is 16.6. The lowest BCUT2D eigenvalue weighted by molar-refractivity contribution is -0.118. The molecule has 158 valence electrons. The van der Waals surface area contributed by atoms with Crippen molar-refractivity contribution in [2.24, 2.45) is 0 Å². The summed E-state index contributed by atoms with van der Waals surface area (Å²) in [5.74, 6) is 0.834. The normalized spacial score (nSPS) is 13.9. The van der Waals surface area contributed by atoms with Crippen molar-refractivity contribution >= 4 is 45.6 Å². The largest absolute Gasteiger partial charge is 0.345 e. The molecule has 0 N–H and O–H groups in total. The molecule has 31 heavy (non-hydrogen) atoms. The number of rotatable bonds is 5. The zero-order valence-corrected chi connectivity index (χ0v) is 18.2. The Morgan fingerprint density at radius 2 is 2.00 bits per heavy atom. The third-order valence-electron chi connectivity index (χ3n) is 5.33. The van der Waals surface area contributed by atoms with Gasteiger partial charge < -0.3 is 9.47 Å². The summed E-state index contributed by atoms with van der Waals surface area (Å²) in [7, 11) is 1.78. The summed E-state index contributed by atoms with van der Waals surface area (Å²) >= 11 is 2.58. The number of anilines is 1. The van der Waals surface area contributed by atoms with E-state index in [4.69, 9.17) is 0 Å². The Labute approximate surface area is 185 Å². The second-order valence-corrected chi connectivity index (χ2v) is 9.36. The fourth-order valence-electron chi connectivity index (χ4n) is 3.77. The number of amides is 1. The molecule has 5 rings (SSSR count). The van der Waals surface area contributed by atoms with Gasteiger partial charge in [-0.25, -0.2) is 8.78 Å². The number of halogens is 2. The van der Waals surface area contributed by atoms with Gasteiger partial charge in [0.2, 0.25) is 5.91 Å². The highest BCUT2D eigenvalue weighted by Crippen LogP contribution is 2.42. The van der Waals surface area contributed by atoms with Crippen LogP contribution in [0.1, 0.15) is 23.4 Å². The van der Waals surface area contributed by atoms with E-state index >= 15 is 0 Å². The number of nitrogens with zero attached hydrogens (tertiary/aromatic N) is 4. The van der Waals surface area contributed by atoms with E-state index in [1.165, 1.54) is 5.56 Å². The summed E-state index contributed by atoms with van der Waals surface area (Å²) in [6.45, 7) is 0.531. The van der Waals surface area contributed by atoms with Crippen LogP contribution in [0.5, 0.6) is 0 Å². The molecule has 0 spiro atoms. The summed E-state index contributed by atoms with van der Waals surface area (Å²) in [5.41, 5.74) is 3.71. The Kier molecular flexibility index (Phi) is 5.23. The number of aryl methyl sites for hydroxylation is 1. The van der Waals surface area contributed by atoms with Crippen LogP contribution in [0.3, 0.4) is 0 Å². The standard InChI is InChI=1S/C22H18F2N4OS2/c1-27-17-10-14(30-12-13-5-3-2-4-6-13)9-15-16(21-25-26-22(31-21)20(23)24)11-28(19(15)17)8-7-18(27)29/h2-6,9-11,20H,7-8,12H2,1H3. The van der Waals surface area contributed by atoms with Gasteiger partial charge in [-0.15, -0.1) is 22.0 Å². The van der Waals surface area contributed by atoms with Crippen LogP contribution in [-0.4, -0.2) is 27.7 Å². The lowest BCUT2D eigenvalue weighted by Crippen LogP contribution is -2.25. The maximum absolute atomic E-state index is 13.1. The molecule has 0 bridgehead atoms. The molecule has 1 aliphatic heterocycles. The topological polar surface area (TPSA) is 51.0 Å². The van der Waals surface area contributed by atoms with Gasteiger partial charge in [0.1, 0.15) is 5.01 Å². The number of hydrogen-bond acceptors (Lipinski definition) is 5. The molecular weight excluding hydrogens is 438 g/mol. The van der Waals surface area contributed by atoms with Crippen LogP contribution in [0.15, 0.2) is 53.6 Å². The first-order valence-corrected chi connectivity index (χ1v) is 11.5. The van der Waals surface area contributed by atoms with Crippen LogP contribution >= 0.6 is 23.1 Å². The number of aromatic nitrogens is 3. The van der Waals surface area contributed by atoms with Gasteiger partial charge in [-0.2, -0.15) is 0 Å². The maximum Gasteiger partial charge on any atom is 0.291 e. The lowest BCUT2D eigenvalue weighted by Gasteiger charge is -2.17. The van der Waals surface area contributed by atoms with E-state index in [2.05, 4.69) is 28.4 Å². The third-order valence-corrected chi connectivity index (χ3v) is 7.34. The molecule has 2 aromatic carbocycles. The fraction of sp³-hybridized carbons (Fsp3) is 0.227. The molecule has 5 nitrogen and oxygen atoms in total. The van der Waals surface area contributed by atoms with Gasteiger partial charge in [0, 0.05) is 47.8 Å². The van der Waals surface area contributed by atoms with Crippen LogP contribution in [0.25, 0.3) is 21.5 Å². The Morgan fingerprint density at radius 3 is 2.74 bits per heavy atom. The van der Waals surface area contributed by atoms with E-state index in [1.807, 2.05) is 35.0 Å². The average Bonchev–Trinajstić information content (AvgIpc) is 3.38. The first-order chi connectivity index (χ1) is 15.0. The van der Waals surface area contributed by atoms with Crippen LogP contribution in [0, 0.1) is 0 Å². The predicted octanol–water partition coefficient (Wildman–Crippen LogP) is 5.76. The molecule has 9 heteroatoms. The monoisotopic (exact) mass is 456 g/mol. The number of carbonyl (C=O) groups excluding carboxylic acids is 1. The number of hydrogen-bond donors (Lipinski definition) is 0. The van der Waals surface area contributed by atoms with Gasteiger partial charge in [-0.05, 0) is 17.7 Å². The Hall–Kier alpha value is -2.78. The first-order valence-electron chi connectivity index (χ1n) is 9.73. The highest BCUT2D eigenvalue weighted by atomic mass is 32.2. The second kappa shape index (κ2) is 8.05. The van der Waals surface area contributed by atoms with Crippen molar-refractivity contribution in [3.8, 4) is 10.6 Å². The quantitative estimate of drug-likeness (QED) is 0.359. The van der Waals surface area contributed by atoms with E-state index in [-0.39, 0.29) is 10.9 Å². The summed E-state index contributed by atoms with van der Waals surface area (Å²) in [6, 6.07) is 14.2. The van der Waals surface area contributed by atoms with Crippen molar-refractivity contribution in [1.82, 2.24) is 14.8 Å². The third kappa shape index (κ3) is 3.72. The van der Waals surface area contributed by atoms with Gasteiger partial charge in [0.25, 0.3) is 6.43 Å². The molecule has 4 aromatic rings. The Morgan fingerprint density at radius 1 is 1.19 bits per heavy atom. The number of alkyl halides is 2. The molecule has 0 unspecified atom stereocenters. The van der Waals surface area contributed by atoms with Crippen molar-refractivity contribution in [3.05, 3.63) is 59.2 Å². The lowest BCUT2D eigenvalue weighted by atomic mass is 10.1. The minimum absolute atomic E-state index is 0.0488. The van der Waals surface area contributed by atoms with E-state index in [1.54, 1.807) is 23.7 Å². The zero-order chi connectivity index (χ0) is 21.5. The molecule has 0 fully saturated rings. The molecule has 0 radical (unpaired) electrons. The van der Waals surface area contributed by atoms with Gasteiger partial charge in [0.05, 0.1) is 11.2 Å². The molecule has 0 saturated carbocycles. The van der Waals surface area contributed by atoms with Crippen LogP contribution in [-0.2, 0) is 17.1 Å². The molecule has 1 amide bonds. The van der Waals surface area contributed by atoms with Crippen LogP contribution < -0.4 is 4.90 Å². The summed E-state index contributed by atoms with van der Waals surface area (Å²) < 4.78 is 28.2. The summed E-state index contributed by atoms with van der Waals surface area (Å²) in [5, 5.41) is 8.75. The van der Waals surface area contributed by atoms with E-state index < -0.39 is 6.43 Å². The highest BCUT2D eigenvalue weighted by molar-refractivity contribution is 7.98. The van der Waals surface area contributed by atoms with Crippen molar-refractivity contribution in [3.63, 3.8) is 0 Å². The molecule has 0 atom stereocenters. The molecule has 2 aromatic heterocycles. The Bertz CT molecular complexity index is 1270. The maximum atomic E-state index is 13.1. The van der Waals surface area contributed by atoms with Gasteiger partial charge in [-0.3, -0.25) is 4.79 Å². The summed E-state index contributed by atoms with van der Waals surface area (Å²) in [6.07, 6.45) is -0.365. The first kappa shape index (κ1) is 20.1. The SMILES string of the molecule is CN1C(=O)CCn2cc(-c3nnc(C(F)F)s3)c3cc(SCc4ccccc4)cc1c32. The molecule has 3 heterocycles. The van der Waals surface area contributed by atoms with Gasteiger partial charge in [0.15, 0.2) is 5.01 Å². The van der Waals surface area contributed by atoms with Gasteiger partial charge >= 0.3 is 0 Å². The number of carbonyl (C=O) groups is 1. The van der Waals surface area contributed by atoms with Crippen LogP contribution in [0.4, 0.5) is 14.5 Å². The van der Waals surface area contributed by atoms with E-state index in [0.717, 1.165) is 44.1 Å². The Balaban J connectivity index is 1.64. The summed E-state index contributed by atoms with van der Waals surface area (Å²) in [4.78, 5) is 15.2. The van der Waals surface area contributed by atoms with E-state index in [9.17, 15) is 13.6 Å². The number of thioether (sulfide) groups is 1. The predicted molar refractivity (Wildman–Crippen MR) is 120 cm³/mol. The van der Waals surface area contributed by atoms with Crippen molar-refractivity contribution < 1.29 is 13.6 Å². The van der Waals surface area contributed by atoms with Crippen molar-refractivity contribution in [2.75, 3.05) is 11.9 Å². The smallest absolute Gasteiger partial charge is 0.291 e. The minimum atomic E-state index is -2.64. The van der Waals surface area contributed by atoms with Crippen molar-refractivity contribution in [1.29, 1.82) is 0 Å². The molecule has 0 aliphatic carbocycles. The molecule has 0 saturated heterocycles. The van der Waals surface area contributed by atoms with Crippen molar-refractivity contribution in [2.45, 2.75) is 30.0 Å². The average molecular weight is 457 g/mol. The van der Waals surface area contributed by atoms with Crippen LogP contribution in [0.2, 0.25) is 0 Å². The molecular formula is C22H18F2N4OS2. The fourth-order valence-corrected chi connectivity index (χ4v) is 5.41. The number of benzene rings is 2. The minimum Gasteiger partial charge on any atom is -0.345 e. The molecule has 1 aliphatic rings. The van der Waals surface area contributed by atoms with Gasteiger partial charge in [-0.1, -0.05) is 41.7 Å². The highest BCUT2D eigenvalue weighted by Gasteiger charge is 2.26. The second-order valence-electron chi connectivity index (χ2n) is 7.30. The van der Waals surface area contributed by atoms with E-state index in [0.29, 0.717) is 18.0 Å².